The van der Waals surface area contributed by atoms with Crippen LogP contribution in [0.15, 0.2) is 24.4 Å². The minimum absolute atomic E-state index is 0.0438. The Labute approximate surface area is 117 Å². The van der Waals surface area contributed by atoms with E-state index in [1.165, 1.54) is 0 Å². The summed E-state index contributed by atoms with van der Waals surface area (Å²) in [6, 6.07) is 5.54. The van der Waals surface area contributed by atoms with Gasteiger partial charge in [-0.3, -0.25) is 4.79 Å². The normalized spacial score (nSPS) is 18.9. The highest BCUT2D eigenvalue weighted by atomic mass is 16.3. The lowest BCUT2D eigenvalue weighted by atomic mass is 10.1. The summed E-state index contributed by atoms with van der Waals surface area (Å²) in [6.45, 7) is 1.68. The number of likely N-dealkylation sites (tertiary alicyclic amines) is 1. The highest BCUT2D eigenvalue weighted by Gasteiger charge is 2.27. The van der Waals surface area contributed by atoms with Crippen LogP contribution in [-0.4, -0.2) is 40.6 Å². The van der Waals surface area contributed by atoms with E-state index in [-0.39, 0.29) is 12.5 Å². The van der Waals surface area contributed by atoms with Crippen LogP contribution in [0, 0.1) is 5.92 Å². The minimum atomic E-state index is 0.0438. The third-order valence-corrected chi connectivity index (χ3v) is 4.05. The van der Waals surface area contributed by atoms with Crippen LogP contribution in [0.1, 0.15) is 23.2 Å². The highest BCUT2D eigenvalue weighted by Crippen LogP contribution is 2.26. The number of aliphatic hydroxyl groups is 1. The SMILES string of the molecule is Nc1ccc2[nH]cc(C(=O)N3CCC(CCO)C3)c2c1. The number of carbonyl (C=O) groups is 1. The molecule has 0 bridgehead atoms. The Morgan fingerprint density at radius 1 is 1.50 bits per heavy atom. The fourth-order valence-electron chi connectivity index (χ4n) is 2.92. The highest BCUT2D eigenvalue weighted by molar-refractivity contribution is 6.07. The van der Waals surface area contributed by atoms with Gasteiger partial charge in [0, 0.05) is 42.5 Å². The van der Waals surface area contributed by atoms with Gasteiger partial charge in [0.1, 0.15) is 0 Å². The number of nitrogens with two attached hydrogens (primary N) is 1. The summed E-state index contributed by atoms with van der Waals surface area (Å²) in [6.07, 6.45) is 3.49. The number of amides is 1. The van der Waals surface area contributed by atoms with Crippen molar-refractivity contribution in [3.05, 3.63) is 30.0 Å². The Kier molecular flexibility index (Phi) is 3.36. The molecule has 0 saturated carbocycles. The molecule has 106 valence electrons. The number of hydrogen-bond acceptors (Lipinski definition) is 3. The lowest BCUT2D eigenvalue weighted by molar-refractivity contribution is 0.0786. The number of nitrogens with zero attached hydrogens (tertiary/aromatic N) is 1. The Balaban J connectivity index is 1.84. The van der Waals surface area contributed by atoms with Crippen molar-refractivity contribution in [2.75, 3.05) is 25.4 Å². The summed E-state index contributed by atoms with van der Waals surface area (Å²) in [7, 11) is 0. The number of aromatic amines is 1. The molecule has 5 nitrogen and oxygen atoms in total. The molecule has 0 spiro atoms. The van der Waals surface area contributed by atoms with E-state index in [1.807, 2.05) is 23.1 Å². The van der Waals surface area contributed by atoms with Crippen molar-refractivity contribution in [2.45, 2.75) is 12.8 Å². The molecular formula is C15H19N3O2. The second-order valence-electron chi connectivity index (χ2n) is 5.43. The van der Waals surface area contributed by atoms with E-state index in [2.05, 4.69) is 4.98 Å². The van der Waals surface area contributed by atoms with Gasteiger partial charge in [0.2, 0.25) is 0 Å². The van der Waals surface area contributed by atoms with E-state index in [9.17, 15) is 4.79 Å². The fraction of sp³-hybridized carbons (Fsp3) is 0.400. The first-order valence-corrected chi connectivity index (χ1v) is 6.96. The number of rotatable bonds is 3. The number of hydrogen-bond donors (Lipinski definition) is 3. The molecule has 1 aromatic carbocycles. The molecule has 5 heteroatoms. The number of benzene rings is 1. The van der Waals surface area contributed by atoms with Crippen molar-refractivity contribution in [3.63, 3.8) is 0 Å². The summed E-state index contributed by atoms with van der Waals surface area (Å²) >= 11 is 0. The van der Waals surface area contributed by atoms with Gasteiger partial charge in [-0.05, 0) is 37.0 Å². The number of carbonyl (C=O) groups excluding carboxylic acids is 1. The standard InChI is InChI=1S/C15H19N3O2/c16-11-1-2-14-12(7-11)13(8-17-14)15(20)18-5-3-10(9-18)4-6-19/h1-2,7-8,10,17,19H,3-6,9,16H2. The predicted octanol–water partition coefficient (Wildman–Crippen LogP) is 1.59. The quantitative estimate of drug-likeness (QED) is 0.743. The largest absolute Gasteiger partial charge is 0.399 e. The first-order valence-electron chi connectivity index (χ1n) is 6.96. The third-order valence-electron chi connectivity index (χ3n) is 4.05. The van der Waals surface area contributed by atoms with Crippen molar-refractivity contribution in [1.82, 2.24) is 9.88 Å². The molecule has 2 heterocycles. The van der Waals surface area contributed by atoms with Crippen LogP contribution in [0.3, 0.4) is 0 Å². The summed E-state index contributed by atoms with van der Waals surface area (Å²) in [5.41, 5.74) is 8.06. The smallest absolute Gasteiger partial charge is 0.256 e. The van der Waals surface area contributed by atoms with Gasteiger partial charge in [0.05, 0.1) is 5.56 Å². The second kappa shape index (κ2) is 5.17. The van der Waals surface area contributed by atoms with Gasteiger partial charge >= 0.3 is 0 Å². The molecule has 1 aliphatic rings. The number of aromatic nitrogens is 1. The Hall–Kier alpha value is -2.01. The average Bonchev–Trinajstić information content (AvgIpc) is 3.05. The number of nitrogens with one attached hydrogen (secondary N) is 1. The number of fused-ring (bicyclic) bond motifs is 1. The predicted molar refractivity (Wildman–Crippen MR) is 78.4 cm³/mol. The maximum absolute atomic E-state index is 12.6. The fourth-order valence-corrected chi connectivity index (χ4v) is 2.92. The number of aliphatic hydroxyl groups excluding tert-OH is 1. The molecule has 4 N–H and O–H groups in total. The Morgan fingerprint density at radius 3 is 3.15 bits per heavy atom. The van der Waals surface area contributed by atoms with Gasteiger partial charge in [-0.1, -0.05) is 0 Å². The van der Waals surface area contributed by atoms with Crippen LogP contribution in [0.4, 0.5) is 5.69 Å². The zero-order valence-corrected chi connectivity index (χ0v) is 11.3. The zero-order chi connectivity index (χ0) is 14.1. The molecule has 1 aliphatic heterocycles. The van der Waals surface area contributed by atoms with E-state index in [1.54, 1.807) is 6.20 Å². The van der Waals surface area contributed by atoms with E-state index in [4.69, 9.17) is 10.8 Å². The van der Waals surface area contributed by atoms with Gasteiger partial charge in [-0.15, -0.1) is 0 Å². The average molecular weight is 273 g/mol. The molecule has 20 heavy (non-hydrogen) atoms. The number of anilines is 1. The zero-order valence-electron chi connectivity index (χ0n) is 11.3. The molecule has 1 saturated heterocycles. The molecule has 0 aliphatic carbocycles. The topological polar surface area (TPSA) is 82.4 Å². The minimum Gasteiger partial charge on any atom is -0.399 e. The van der Waals surface area contributed by atoms with Crippen LogP contribution in [0.25, 0.3) is 10.9 Å². The van der Waals surface area contributed by atoms with E-state index in [0.717, 1.165) is 36.8 Å². The summed E-state index contributed by atoms with van der Waals surface area (Å²) in [4.78, 5) is 17.6. The van der Waals surface area contributed by atoms with Gasteiger partial charge < -0.3 is 20.7 Å². The van der Waals surface area contributed by atoms with Crippen LogP contribution in [0.2, 0.25) is 0 Å². The van der Waals surface area contributed by atoms with E-state index >= 15 is 0 Å². The van der Waals surface area contributed by atoms with Gasteiger partial charge in [-0.2, -0.15) is 0 Å². The van der Waals surface area contributed by atoms with Crippen molar-refractivity contribution < 1.29 is 9.90 Å². The first kappa shape index (κ1) is 13.0. The third kappa shape index (κ3) is 2.25. The molecule has 1 unspecified atom stereocenters. The Bertz CT molecular complexity index is 635. The maximum Gasteiger partial charge on any atom is 0.256 e. The maximum atomic E-state index is 12.6. The van der Waals surface area contributed by atoms with E-state index in [0.29, 0.717) is 17.2 Å². The summed E-state index contributed by atoms with van der Waals surface area (Å²) in [5.74, 6) is 0.460. The van der Waals surface area contributed by atoms with Crippen LogP contribution in [-0.2, 0) is 0 Å². The van der Waals surface area contributed by atoms with Gasteiger partial charge in [0.15, 0.2) is 0 Å². The molecular weight excluding hydrogens is 254 g/mol. The number of H-pyrrole nitrogens is 1. The van der Waals surface area contributed by atoms with Crippen LogP contribution >= 0.6 is 0 Å². The van der Waals surface area contributed by atoms with Crippen molar-refractivity contribution >= 4 is 22.5 Å². The lowest BCUT2D eigenvalue weighted by Gasteiger charge is -2.16. The van der Waals surface area contributed by atoms with Crippen molar-refractivity contribution in [3.8, 4) is 0 Å². The molecule has 1 fully saturated rings. The van der Waals surface area contributed by atoms with E-state index < -0.39 is 0 Å². The molecule has 3 rings (SSSR count). The van der Waals surface area contributed by atoms with Gasteiger partial charge in [-0.25, -0.2) is 0 Å². The first-order chi connectivity index (χ1) is 9.69. The van der Waals surface area contributed by atoms with Crippen LogP contribution < -0.4 is 5.73 Å². The monoisotopic (exact) mass is 273 g/mol. The summed E-state index contributed by atoms with van der Waals surface area (Å²) < 4.78 is 0. The molecule has 1 aromatic heterocycles. The van der Waals surface area contributed by atoms with Crippen molar-refractivity contribution in [2.24, 2.45) is 5.92 Å². The van der Waals surface area contributed by atoms with Crippen molar-refractivity contribution in [1.29, 1.82) is 0 Å². The lowest BCUT2D eigenvalue weighted by Crippen LogP contribution is -2.28. The Morgan fingerprint density at radius 2 is 2.35 bits per heavy atom. The van der Waals surface area contributed by atoms with Crippen LogP contribution in [0.5, 0.6) is 0 Å². The number of nitrogen functional groups attached to an aromatic ring is 1. The molecule has 0 radical (unpaired) electrons. The van der Waals surface area contributed by atoms with Gasteiger partial charge in [0.25, 0.3) is 5.91 Å². The molecule has 2 aromatic rings. The second-order valence-corrected chi connectivity index (χ2v) is 5.43. The molecule has 1 atom stereocenters. The molecule has 1 amide bonds. The summed E-state index contributed by atoms with van der Waals surface area (Å²) in [5, 5.41) is 9.86.